The summed E-state index contributed by atoms with van der Waals surface area (Å²) >= 11 is 0. The molecule has 3 amide bonds. The summed E-state index contributed by atoms with van der Waals surface area (Å²) in [5, 5.41) is 15.8. The Labute approximate surface area is 185 Å². The van der Waals surface area contributed by atoms with Crippen molar-refractivity contribution in [1.29, 1.82) is 0 Å². The summed E-state index contributed by atoms with van der Waals surface area (Å²) in [5.74, 6) is -2.21. The van der Waals surface area contributed by atoms with E-state index in [1.165, 1.54) is 0 Å². The highest BCUT2D eigenvalue weighted by molar-refractivity contribution is 5.87. The predicted octanol–water partition coefficient (Wildman–Crippen LogP) is 1.62. The molecule has 0 radical (unpaired) electrons. The number of hydrogen-bond donors (Lipinski definition) is 4. The molecule has 0 aromatic heterocycles. The molecular weight excluding hydrogens is 414 g/mol. The lowest BCUT2D eigenvalue weighted by molar-refractivity contribution is -0.137. The summed E-state index contributed by atoms with van der Waals surface area (Å²) in [7, 11) is 0. The average molecular weight is 439 g/mol. The molecule has 9 nitrogen and oxygen atoms in total. The zero-order chi connectivity index (χ0) is 23.1. The van der Waals surface area contributed by atoms with Gasteiger partial charge in [0.2, 0.25) is 11.8 Å². The second-order valence-electron chi connectivity index (χ2n) is 7.52. The summed E-state index contributed by atoms with van der Waals surface area (Å²) in [6, 6.07) is 15.4. The minimum atomic E-state index is -1.03. The van der Waals surface area contributed by atoms with E-state index in [9.17, 15) is 19.2 Å². The number of carbonyl (C=O) groups excluding carboxylic acids is 3. The van der Waals surface area contributed by atoms with Crippen LogP contribution in [0.15, 0.2) is 48.5 Å². The van der Waals surface area contributed by atoms with Crippen LogP contribution in [0.3, 0.4) is 0 Å². The van der Waals surface area contributed by atoms with Crippen LogP contribution < -0.4 is 16.0 Å². The van der Waals surface area contributed by atoms with Gasteiger partial charge < -0.3 is 25.8 Å². The quantitative estimate of drug-likeness (QED) is 0.469. The van der Waals surface area contributed by atoms with Crippen LogP contribution in [0.2, 0.25) is 0 Å². The largest absolute Gasteiger partial charge is 0.481 e. The first kappa shape index (κ1) is 22.8. The van der Waals surface area contributed by atoms with Crippen LogP contribution in [0.4, 0.5) is 4.79 Å². The number of rotatable bonds is 9. The minimum Gasteiger partial charge on any atom is -0.481 e. The number of alkyl carbamates (subject to hydrolysis) is 1. The number of fused-ring (bicyclic) bond motifs is 3. The number of carboxylic acids is 1. The molecule has 1 aliphatic carbocycles. The molecule has 0 aliphatic heterocycles. The van der Waals surface area contributed by atoms with Gasteiger partial charge in [-0.3, -0.25) is 14.4 Å². The van der Waals surface area contributed by atoms with Gasteiger partial charge >= 0.3 is 12.1 Å². The fourth-order valence-corrected chi connectivity index (χ4v) is 3.68. The lowest BCUT2D eigenvalue weighted by atomic mass is 9.98. The standard InChI is InChI=1S/C23H25N3O6/c1-14(10-22(29)30)26-21(28)12-24-20(27)11-25-23(31)32-13-19-17-8-4-2-6-15(17)16-7-3-5-9-18(16)19/h2-9,14,19H,10-13H2,1H3,(H,24,27)(H,25,31)(H,26,28)(H,29,30). The summed E-state index contributed by atoms with van der Waals surface area (Å²) in [6.07, 6.45) is -0.954. The Morgan fingerprint density at radius 3 is 2.06 bits per heavy atom. The molecule has 0 bridgehead atoms. The SMILES string of the molecule is CC(CC(=O)O)NC(=O)CNC(=O)CNC(=O)OCC1c2ccccc2-c2ccccc21. The number of benzene rings is 2. The van der Waals surface area contributed by atoms with Gasteiger partial charge in [-0.25, -0.2) is 4.79 Å². The maximum absolute atomic E-state index is 12.1. The number of ether oxygens (including phenoxy) is 1. The fourth-order valence-electron chi connectivity index (χ4n) is 3.68. The topological polar surface area (TPSA) is 134 Å². The van der Waals surface area contributed by atoms with E-state index in [1.54, 1.807) is 6.92 Å². The number of amides is 3. The van der Waals surface area contributed by atoms with Crippen molar-refractivity contribution in [2.24, 2.45) is 0 Å². The third-order valence-corrected chi connectivity index (χ3v) is 5.07. The molecule has 2 aromatic rings. The normalized spacial score (nSPS) is 12.8. The molecule has 0 saturated heterocycles. The van der Waals surface area contributed by atoms with Crippen molar-refractivity contribution in [3.05, 3.63) is 59.7 Å². The second-order valence-corrected chi connectivity index (χ2v) is 7.52. The molecule has 0 fully saturated rings. The first-order valence-electron chi connectivity index (χ1n) is 10.2. The summed E-state index contributed by atoms with van der Waals surface area (Å²) in [4.78, 5) is 46.2. The van der Waals surface area contributed by atoms with E-state index in [1.807, 2.05) is 48.5 Å². The Morgan fingerprint density at radius 2 is 1.47 bits per heavy atom. The molecule has 4 N–H and O–H groups in total. The summed E-state index contributed by atoms with van der Waals surface area (Å²) in [6.45, 7) is 1.00. The third-order valence-electron chi connectivity index (χ3n) is 5.07. The van der Waals surface area contributed by atoms with Crippen LogP contribution in [0.25, 0.3) is 11.1 Å². The Hall–Kier alpha value is -3.88. The number of carbonyl (C=O) groups is 4. The van der Waals surface area contributed by atoms with Crippen molar-refractivity contribution in [2.45, 2.75) is 25.3 Å². The van der Waals surface area contributed by atoms with Gasteiger partial charge in [-0.2, -0.15) is 0 Å². The summed E-state index contributed by atoms with van der Waals surface area (Å²) < 4.78 is 5.34. The molecule has 9 heteroatoms. The van der Waals surface area contributed by atoms with Gasteiger partial charge in [-0.05, 0) is 29.2 Å². The van der Waals surface area contributed by atoms with Gasteiger partial charge in [0.15, 0.2) is 0 Å². The van der Waals surface area contributed by atoms with Crippen LogP contribution in [-0.2, 0) is 19.1 Å². The first-order valence-corrected chi connectivity index (χ1v) is 10.2. The number of aliphatic carboxylic acids is 1. The monoisotopic (exact) mass is 439 g/mol. The zero-order valence-electron chi connectivity index (χ0n) is 17.6. The molecular formula is C23H25N3O6. The van der Waals surface area contributed by atoms with Crippen LogP contribution in [0, 0.1) is 0 Å². The smallest absolute Gasteiger partial charge is 0.407 e. The maximum Gasteiger partial charge on any atom is 0.407 e. The molecule has 3 rings (SSSR count). The number of hydrogen-bond acceptors (Lipinski definition) is 5. The average Bonchev–Trinajstić information content (AvgIpc) is 3.08. The van der Waals surface area contributed by atoms with Gasteiger partial charge in [0.1, 0.15) is 13.2 Å². The fraction of sp³-hybridized carbons (Fsp3) is 0.304. The maximum atomic E-state index is 12.1. The Kier molecular flexibility index (Phi) is 7.43. The molecule has 0 saturated carbocycles. The summed E-state index contributed by atoms with van der Waals surface area (Å²) in [5.41, 5.74) is 4.41. The Balaban J connectivity index is 1.42. The Morgan fingerprint density at radius 1 is 0.906 bits per heavy atom. The lowest BCUT2D eigenvalue weighted by Gasteiger charge is -2.15. The van der Waals surface area contributed by atoms with Crippen molar-refractivity contribution in [2.75, 3.05) is 19.7 Å². The molecule has 1 aliphatic rings. The predicted molar refractivity (Wildman–Crippen MR) is 116 cm³/mol. The third kappa shape index (κ3) is 5.84. The van der Waals surface area contributed by atoms with Gasteiger partial charge in [-0.15, -0.1) is 0 Å². The van der Waals surface area contributed by atoms with Crippen LogP contribution in [-0.4, -0.2) is 54.7 Å². The first-order chi connectivity index (χ1) is 15.3. The van der Waals surface area contributed by atoms with Gasteiger partial charge in [-0.1, -0.05) is 48.5 Å². The molecule has 1 unspecified atom stereocenters. The van der Waals surface area contributed by atoms with Gasteiger partial charge in [0.05, 0.1) is 13.0 Å². The molecule has 0 spiro atoms. The van der Waals surface area contributed by atoms with E-state index in [0.29, 0.717) is 0 Å². The van der Waals surface area contributed by atoms with Crippen molar-refractivity contribution < 1.29 is 29.0 Å². The van der Waals surface area contributed by atoms with Crippen molar-refractivity contribution >= 4 is 23.9 Å². The molecule has 32 heavy (non-hydrogen) atoms. The van der Waals surface area contributed by atoms with E-state index < -0.39 is 29.9 Å². The Bertz CT molecular complexity index is 977. The zero-order valence-corrected chi connectivity index (χ0v) is 17.6. The number of nitrogens with one attached hydrogen (secondary N) is 3. The molecule has 168 valence electrons. The van der Waals surface area contributed by atoms with E-state index in [4.69, 9.17) is 9.84 Å². The molecule has 1 atom stereocenters. The van der Waals surface area contributed by atoms with Crippen LogP contribution in [0.5, 0.6) is 0 Å². The highest BCUT2D eigenvalue weighted by atomic mass is 16.5. The van der Waals surface area contributed by atoms with Crippen molar-refractivity contribution in [3.8, 4) is 11.1 Å². The highest BCUT2D eigenvalue weighted by Gasteiger charge is 2.29. The van der Waals surface area contributed by atoms with Gasteiger partial charge in [0.25, 0.3) is 0 Å². The highest BCUT2D eigenvalue weighted by Crippen LogP contribution is 2.44. The molecule has 2 aromatic carbocycles. The van der Waals surface area contributed by atoms with Crippen molar-refractivity contribution in [1.82, 2.24) is 16.0 Å². The van der Waals surface area contributed by atoms with E-state index in [0.717, 1.165) is 22.3 Å². The van der Waals surface area contributed by atoms with E-state index >= 15 is 0 Å². The van der Waals surface area contributed by atoms with Crippen molar-refractivity contribution in [3.63, 3.8) is 0 Å². The van der Waals surface area contributed by atoms with E-state index in [-0.39, 0.29) is 32.0 Å². The molecule has 0 heterocycles. The lowest BCUT2D eigenvalue weighted by Crippen LogP contribution is -2.44. The second kappa shape index (κ2) is 10.4. The van der Waals surface area contributed by atoms with Gasteiger partial charge in [0, 0.05) is 12.0 Å². The minimum absolute atomic E-state index is 0.0848. The van der Waals surface area contributed by atoms with Crippen LogP contribution >= 0.6 is 0 Å². The van der Waals surface area contributed by atoms with Crippen LogP contribution in [0.1, 0.15) is 30.4 Å². The number of carboxylic acid groups (broad SMARTS) is 1. The van der Waals surface area contributed by atoms with E-state index in [2.05, 4.69) is 16.0 Å².